The summed E-state index contributed by atoms with van der Waals surface area (Å²) >= 11 is 0. The molecule has 7 aliphatic rings. The van der Waals surface area contributed by atoms with E-state index in [1.807, 2.05) is 9.80 Å². The molecule has 11 rings (SSSR count). The van der Waals surface area contributed by atoms with Gasteiger partial charge in [0.1, 0.15) is 31.8 Å². The lowest BCUT2D eigenvalue weighted by Gasteiger charge is -2.35. The highest BCUT2D eigenvalue weighted by molar-refractivity contribution is 6.12. The number of hydrogen-bond acceptors (Lipinski definition) is 18. The predicted molar refractivity (Wildman–Crippen MR) is 342 cm³/mol. The van der Waals surface area contributed by atoms with Crippen LogP contribution in [0, 0.1) is 12.7 Å². The minimum atomic E-state index is -2.03. The van der Waals surface area contributed by atoms with E-state index in [0.717, 1.165) is 16.5 Å². The number of carbonyl (C=O) groups excluding carboxylic acids is 10. The number of aromatic nitrogens is 1. The van der Waals surface area contributed by atoms with Gasteiger partial charge in [0.25, 0.3) is 17.4 Å². The number of aliphatic hydroxyl groups is 1. The molecule has 3 saturated heterocycles. The first-order chi connectivity index (χ1) is 45.8. The molecule has 0 saturated carbocycles. The van der Waals surface area contributed by atoms with Crippen molar-refractivity contribution in [2.45, 2.75) is 96.1 Å². The van der Waals surface area contributed by atoms with Crippen LogP contribution in [0.3, 0.4) is 0 Å². The van der Waals surface area contributed by atoms with Crippen molar-refractivity contribution >= 4 is 69.9 Å². The highest BCUT2D eigenvalue weighted by Crippen LogP contribution is 2.47. The molecule has 7 N–H and O–H groups in total. The van der Waals surface area contributed by atoms with Gasteiger partial charge in [0.15, 0.2) is 5.60 Å². The fourth-order valence-corrected chi connectivity index (χ4v) is 13.2. The predicted octanol–water partition coefficient (Wildman–Crippen LogP) is -0.334. The smallest absolute Gasteiger partial charge is 0.343 e. The molecule has 0 spiro atoms. The molecule has 0 radical (unpaired) electrons. The fraction of sp³-hybridized carbons (Fsp3) is 0.507. The molecule has 1 aliphatic carbocycles. The van der Waals surface area contributed by atoms with Crippen LogP contribution in [0.15, 0.2) is 65.5 Å². The Morgan fingerprint density at radius 2 is 1.42 bits per heavy atom. The third-order valence-electron chi connectivity index (χ3n) is 18.6. The fourth-order valence-electron chi connectivity index (χ4n) is 13.2. The number of halogens is 1. The summed E-state index contributed by atoms with van der Waals surface area (Å²) in [6.07, 6.45) is 5.70. The number of imide groups is 1. The van der Waals surface area contributed by atoms with Crippen molar-refractivity contribution < 1.29 is 71.7 Å². The van der Waals surface area contributed by atoms with Gasteiger partial charge in [0.2, 0.25) is 41.4 Å². The number of carbonyl (C=O) groups is 10. The lowest BCUT2D eigenvalue weighted by Crippen LogP contribution is -2.52. The summed E-state index contributed by atoms with van der Waals surface area (Å²) in [6, 6.07) is 11.9. The van der Waals surface area contributed by atoms with Crippen LogP contribution in [0.2, 0.25) is 0 Å². The molecule has 3 fully saturated rings. The molecule has 27 nitrogen and oxygen atoms in total. The maximum atomic E-state index is 15.5. The molecule has 95 heavy (non-hydrogen) atoms. The second-order valence-electron chi connectivity index (χ2n) is 24.7. The molecular formula is C67H83FN12O15. The van der Waals surface area contributed by atoms with Gasteiger partial charge in [0.05, 0.1) is 63.2 Å². The molecule has 1 aromatic heterocycles. The highest BCUT2D eigenvalue weighted by atomic mass is 19.1. The number of nitrogens with one attached hydrogen (secondary N) is 6. The van der Waals surface area contributed by atoms with Gasteiger partial charge in [-0.15, -0.1) is 0 Å². The van der Waals surface area contributed by atoms with E-state index in [2.05, 4.69) is 41.7 Å². The zero-order valence-electron chi connectivity index (χ0n) is 53.7. The summed E-state index contributed by atoms with van der Waals surface area (Å²) < 4.78 is 33.8. The van der Waals surface area contributed by atoms with E-state index in [9.17, 15) is 57.8 Å². The third-order valence-corrected chi connectivity index (χ3v) is 18.6. The summed E-state index contributed by atoms with van der Waals surface area (Å²) in [5, 5.41) is 28.6. The number of ether oxygens (including phenoxy) is 3. The van der Waals surface area contributed by atoms with Crippen molar-refractivity contribution in [3.05, 3.63) is 116 Å². The minimum absolute atomic E-state index is 0.00969. The number of rotatable bonds is 24. The Hall–Kier alpha value is -8.80. The zero-order chi connectivity index (χ0) is 67.3. The van der Waals surface area contributed by atoms with Crippen molar-refractivity contribution in [3.63, 3.8) is 0 Å². The van der Waals surface area contributed by atoms with Gasteiger partial charge in [0, 0.05) is 108 Å². The number of hydrogen-bond donors (Lipinski definition) is 7. The maximum Gasteiger partial charge on any atom is 0.343 e. The van der Waals surface area contributed by atoms with Crippen LogP contribution in [0.25, 0.3) is 22.0 Å². The maximum absolute atomic E-state index is 15.5. The molecule has 508 valence electrons. The molecular weight excluding hydrogens is 1230 g/mol. The first-order valence-corrected chi connectivity index (χ1v) is 32.6. The van der Waals surface area contributed by atoms with Crippen molar-refractivity contribution in [2.24, 2.45) is 0 Å². The molecule has 9 amide bonds. The van der Waals surface area contributed by atoms with Gasteiger partial charge < -0.3 is 60.7 Å². The van der Waals surface area contributed by atoms with Crippen LogP contribution >= 0.6 is 0 Å². The van der Waals surface area contributed by atoms with Gasteiger partial charge in [-0.25, -0.2) is 9.18 Å². The van der Waals surface area contributed by atoms with E-state index in [1.165, 1.54) is 27.7 Å². The Bertz CT molecular complexity index is 3670. The molecule has 4 aromatic rings. The normalized spacial score (nSPS) is 20.5. The van der Waals surface area contributed by atoms with Gasteiger partial charge >= 0.3 is 5.97 Å². The summed E-state index contributed by atoms with van der Waals surface area (Å²) in [5.74, 6) is -5.47. The van der Waals surface area contributed by atoms with Crippen LogP contribution in [-0.2, 0) is 93.8 Å². The number of nitrogens with zero attached hydrogens (tertiary/aromatic N) is 6. The lowest BCUT2D eigenvalue weighted by molar-refractivity contribution is -0.172. The minimum Gasteiger partial charge on any atom is -0.458 e. The van der Waals surface area contributed by atoms with Crippen LogP contribution in [0.1, 0.15) is 90.4 Å². The van der Waals surface area contributed by atoms with Crippen LogP contribution < -0.4 is 37.5 Å². The van der Waals surface area contributed by atoms with Crippen LogP contribution in [0.5, 0.6) is 0 Å². The molecule has 2 unspecified atom stereocenters. The highest BCUT2D eigenvalue weighted by Gasteiger charge is 2.46. The number of amides is 9. The Labute approximate surface area is 548 Å². The molecule has 28 heteroatoms. The first kappa shape index (κ1) is 69.0. The molecule has 6 aliphatic heterocycles. The molecule has 2 bridgehead atoms. The second kappa shape index (κ2) is 31.6. The molecule has 3 aromatic carbocycles. The van der Waals surface area contributed by atoms with E-state index in [0.29, 0.717) is 157 Å². The first-order valence-electron chi connectivity index (χ1n) is 32.6. The quantitative estimate of drug-likeness (QED) is 0.0180. The Morgan fingerprint density at radius 3 is 2.14 bits per heavy atom. The van der Waals surface area contributed by atoms with E-state index >= 15 is 4.39 Å². The number of aryl methyl sites for hydroxylation is 1. The lowest BCUT2D eigenvalue weighted by atomic mass is 9.79. The summed E-state index contributed by atoms with van der Waals surface area (Å²) in [6.45, 7) is 7.88. The Balaban J connectivity index is 0.657. The number of benzene rings is 3. The number of esters is 1. The SMILES string of the molecule is CC[C@@]1(O)C(=O)OCc2c1cc1n(c2=O)Cc2c-1cc1cc(F)c(C)c3c1c2[C@@H](NC(=O)COCNC(=O)CNC(=O)[C@H](Cc1ccccc1)NC(=O)CNC(=O)CNC(=O)CN1CCN2CCOCCN(CC1)CCN(C(=O)CCCCCN1C(=O)C=CC1=O)CC2)CC3. The van der Waals surface area contributed by atoms with E-state index in [-0.39, 0.29) is 61.4 Å². The second-order valence-corrected chi connectivity index (χ2v) is 24.7. The summed E-state index contributed by atoms with van der Waals surface area (Å²) in [5.41, 5.74) is 2.28. The number of cyclic esters (lactones) is 1. The number of unbranched alkanes of at least 4 members (excludes halogenated alkanes) is 2. The Kier molecular flexibility index (Phi) is 23.0. The topological polar surface area (TPSA) is 329 Å². The van der Waals surface area contributed by atoms with Gasteiger partial charge in [-0.1, -0.05) is 43.7 Å². The average molecular weight is 1320 g/mol. The summed E-state index contributed by atoms with van der Waals surface area (Å²) in [7, 11) is 0. The average Bonchev–Trinajstić information content (AvgIpc) is 1.62. The monoisotopic (exact) mass is 1310 g/mol. The standard InChI is InChI=1S/C67H83FN12O15/c1-3-67(92)49-33-53-46-31-44-32-50(68)42(2)45-13-14-51(63(62(44)45)47(46)37-80(53)65(90)48(49)39-95-66(67)91)73-58(85)40-94-41-72-55(82)35-71-64(89)52(30-43-10-6-4-7-11-43)74-56(83)36-69-54(81)34-70-57(84)38-77-20-18-75-22-24-78(25-23-76(19-21-77)27-29-93-28-26-75)59(86)12-8-5-9-17-79-60(87)15-16-61(79)88/h4,6-7,10-11,15-16,31-33,51-52,92H,3,5,8-9,12-14,17-30,34-41H2,1-2H3,(H,69,81)(H,70,84)(H,71,89)(H,72,82)(H,73,85)(H,74,83)/t51-,52-,67-/m0/s1. The van der Waals surface area contributed by atoms with E-state index in [4.69, 9.17) is 14.2 Å². The van der Waals surface area contributed by atoms with Crippen molar-refractivity contribution in [1.29, 1.82) is 0 Å². The van der Waals surface area contributed by atoms with E-state index in [1.54, 1.807) is 56.3 Å². The van der Waals surface area contributed by atoms with Crippen molar-refractivity contribution in [1.82, 2.24) is 61.0 Å². The van der Waals surface area contributed by atoms with Gasteiger partial charge in [-0.2, -0.15) is 0 Å². The number of fused-ring (bicyclic) bond motifs is 17. The van der Waals surface area contributed by atoms with Crippen LogP contribution in [-0.4, -0.2) is 224 Å². The van der Waals surface area contributed by atoms with Crippen LogP contribution in [0.4, 0.5) is 4.39 Å². The summed E-state index contributed by atoms with van der Waals surface area (Å²) in [4.78, 5) is 154. The third kappa shape index (κ3) is 16.8. The van der Waals surface area contributed by atoms with Crippen molar-refractivity contribution in [3.8, 4) is 11.3 Å². The zero-order valence-corrected chi connectivity index (χ0v) is 53.7. The molecule has 7 heterocycles. The van der Waals surface area contributed by atoms with E-state index < -0.39 is 103 Å². The van der Waals surface area contributed by atoms with Gasteiger partial charge in [-0.3, -0.25) is 67.5 Å². The van der Waals surface area contributed by atoms with Gasteiger partial charge in [-0.05, 0) is 95.8 Å². The molecule has 5 atom stereocenters. The Morgan fingerprint density at radius 1 is 0.747 bits per heavy atom. The largest absolute Gasteiger partial charge is 0.458 e. The van der Waals surface area contributed by atoms with Crippen molar-refractivity contribution in [2.75, 3.05) is 125 Å². The number of pyridine rings is 1.